The Morgan fingerprint density at radius 2 is 1.84 bits per heavy atom. The van der Waals surface area contributed by atoms with Crippen molar-refractivity contribution in [1.29, 1.82) is 0 Å². The summed E-state index contributed by atoms with van der Waals surface area (Å²) < 4.78 is 19.0. The van der Waals surface area contributed by atoms with E-state index in [1.54, 1.807) is 24.3 Å². The van der Waals surface area contributed by atoms with Crippen LogP contribution in [0.4, 0.5) is 10.1 Å². The number of ether oxygens (including phenoxy) is 1. The average Bonchev–Trinajstić information content (AvgIpc) is 2.60. The lowest BCUT2D eigenvalue weighted by atomic mass is 10.2. The Kier molecular flexibility index (Phi) is 5.11. The monoisotopic (exact) mass is 377 g/mol. The SMILES string of the molecule is O=C(Nc1ccc(Oc2cnccn2)cc1)c1cc(F)c(Cl)cc1Cl. The van der Waals surface area contributed by atoms with E-state index in [1.807, 2.05) is 0 Å². The van der Waals surface area contributed by atoms with E-state index in [9.17, 15) is 9.18 Å². The van der Waals surface area contributed by atoms with E-state index in [4.69, 9.17) is 27.9 Å². The standard InChI is InChI=1S/C17H10Cl2FN3O2/c18-13-8-14(19)15(20)7-12(13)17(24)23-10-1-3-11(4-2-10)25-16-9-21-5-6-22-16/h1-9H,(H,23,24). The van der Waals surface area contributed by atoms with Crippen LogP contribution in [0.15, 0.2) is 55.0 Å². The second kappa shape index (κ2) is 7.46. The molecule has 0 radical (unpaired) electrons. The molecule has 0 aliphatic heterocycles. The van der Waals surface area contributed by atoms with E-state index >= 15 is 0 Å². The van der Waals surface area contributed by atoms with Gasteiger partial charge in [0.1, 0.15) is 11.6 Å². The molecule has 1 N–H and O–H groups in total. The van der Waals surface area contributed by atoms with Gasteiger partial charge in [-0.1, -0.05) is 23.2 Å². The van der Waals surface area contributed by atoms with E-state index < -0.39 is 11.7 Å². The number of nitrogens with one attached hydrogen (secondary N) is 1. The minimum atomic E-state index is -0.719. The second-order valence-electron chi connectivity index (χ2n) is 4.87. The summed E-state index contributed by atoms with van der Waals surface area (Å²) in [6.45, 7) is 0. The lowest BCUT2D eigenvalue weighted by Crippen LogP contribution is -2.12. The smallest absolute Gasteiger partial charge is 0.257 e. The van der Waals surface area contributed by atoms with Crippen LogP contribution < -0.4 is 10.1 Å². The van der Waals surface area contributed by atoms with Crippen molar-refractivity contribution in [2.45, 2.75) is 0 Å². The normalized spacial score (nSPS) is 10.4. The Labute approximate surface area is 152 Å². The molecule has 1 aromatic heterocycles. The molecule has 0 atom stereocenters. The van der Waals surface area contributed by atoms with Gasteiger partial charge in [0.2, 0.25) is 5.88 Å². The zero-order valence-electron chi connectivity index (χ0n) is 12.5. The highest BCUT2D eigenvalue weighted by atomic mass is 35.5. The van der Waals surface area contributed by atoms with Gasteiger partial charge in [-0.3, -0.25) is 9.78 Å². The maximum atomic E-state index is 13.5. The van der Waals surface area contributed by atoms with Gasteiger partial charge in [-0.15, -0.1) is 0 Å². The van der Waals surface area contributed by atoms with Crippen LogP contribution in [-0.4, -0.2) is 15.9 Å². The van der Waals surface area contributed by atoms with Gasteiger partial charge in [0.15, 0.2) is 0 Å². The average molecular weight is 378 g/mol. The third-order valence-electron chi connectivity index (χ3n) is 3.13. The molecule has 0 spiro atoms. The Morgan fingerprint density at radius 3 is 2.52 bits per heavy atom. The summed E-state index contributed by atoms with van der Waals surface area (Å²) in [6.07, 6.45) is 4.53. The van der Waals surface area contributed by atoms with Crippen LogP contribution in [0.25, 0.3) is 0 Å². The predicted octanol–water partition coefficient (Wildman–Crippen LogP) is 4.97. The summed E-state index contributed by atoms with van der Waals surface area (Å²) in [5.41, 5.74) is 0.478. The molecule has 25 heavy (non-hydrogen) atoms. The summed E-state index contributed by atoms with van der Waals surface area (Å²) in [4.78, 5) is 20.1. The molecule has 0 aliphatic carbocycles. The van der Waals surface area contributed by atoms with Gasteiger partial charge in [0, 0.05) is 18.1 Å². The molecule has 0 fully saturated rings. The maximum Gasteiger partial charge on any atom is 0.257 e. The number of rotatable bonds is 4. The highest BCUT2D eigenvalue weighted by Gasteiger charge is 2.14. The molecule has 126 valence electrons. The Balaban J connectivity index is 1.71. The second-order valence-corrected chi connectivity index (χ2v) is 5.68. The number of nitrogens with zero attached hydrogens (tertiary/aromatic N) is 2. The first-order chi connectivity index (χ1) is 12.0. The van der Waals surface area contributed by atoms with E-state index in [0.29, 0.717) is 17.3 Å². The fraction of sp³-hybridized carbons (Fsp3) is 0. The third kappa shape index (κ3) is 4.23. The van der Waals surface area contributed by atoms with Crippen molar-refractivity contribution in [2.75, 3.05) is 5.32 Å². The van der Waals surface area contributed by atoms with Crippen LogP contribution in [0.5, 0.6) is 11.6 Å². The fourth-order valence-corrected chi connectivity index (χ4v) is 2.43. The molecule has 0 saturated heterocycles. The van der Waals surface area contributed by atoms with Crippen molar-refractivity contribution in [3.63, 3.8) is 0 Å². The van der Waals surface area contributed by atoms with E-state index in [2.05, 4.69) is 15.3 Å². The van der Waals surface area contributed by atoms with Crippen LogP contribution in [0.3, 0.4) is 0 Å². The molecule has 0 bridgehead atoms. The minimum Gasteiger partial charge on any atom is -0.438 e. The van der Waals surface area contributed by atoms with Crippen molar-refractivity contribution < 1.29 is 13.9 Å². The summed E-state index contributed by atoms with van der Waals surface area (Å²) in [6, 6.07) is 8.73. The molecular weight excluding hydrogens is 368 g/mol. The Hall–Kier alpha value is -2.70. The van der Waals surface area contributed by atoms with Crippen LogP contribution in [0.1, 0.15) is 10.4 Å². The number of aromatic nitrogens is 2. The predicted molar refractivity (Wildman–Crippen MR) is 92.9 cm³/mol. The van der Waals surface area contributed by atoms with Gasteiger partial charge >= 0.3 is 0 Å². The molecule has 1 amide bonds. The molecule has 5 nitrogen and oxygen atoms in total. The van der Waals surface area contributed by atoms with Gasteiger partial charge in [-0.2, -0.15) is 0 Å². The van der Waals surface area contributed by atoms with Crippen LogP contribution in [0.2, 0.25) is 10.0 Å². The van der Waals surface area contributed by atoms with Gasteiger partial charge in [-0.25, -0.2) is 9.37 Å². The number of hydrogen-bond acceptors (Lipinski definition) is 4. The molecule has 8 heteroatoms. The van der Waals surface area contributed by atoms with Gasteiger partial charge in [0.25, 0.3) is 5.91 Å². The fourth-order valence-electron chi connectivity index (χ4n) is 1.96. The lowest BCUT2D eigenvalue weighted by molar-refractivity contribution is 0.102. The number of benzene rings is 2. The van der Waals surface area contributed by atoms with E-state index in [-0.39, 0.29) is 15.6 Å². The van der Waals surface area contributed by atoms with Crippen molar-refractivity contribution in [2.24, 2.45) is 0 Å². The van der Waals surface area contributed by atoms with Crippen LogP contribution in [0, 0.1) is 5.82 Å². The quantitative estimate of drug-likeness (QED) is 0.652. The van der Waals surface area contributed by atoms with E-state index in [1.165, 1.54) is 24.7 Å². The van der Waals surface area contributed by atoms with E-state index in [0.717, 1.165) is 6.07 Å². The van der Waals surface area contributed by atoms with Crippen molar-refractivity contribution in [1.82, 2.24) is 9.97 Å². The number of carbonyl (C=O) groups is 1. The van der Waals surface area contributed by atoms with Crippen LogP contribution in [-0.2, 0) is 0 Å². The number of halogens is 3. The molecule has 0 unspecified atom stereocenters. The molecule has 0 aliphatic rings. The Morgan fingerprint density at radius 1 is 1.08 bits per heavy atom. The zero-order valence-corrected chi connectivity index (χ0v) is 14.1. The first kappa shape index (κ1) is 17.1. The Bertz CT molecular complexity index is 906. The highest BCUT2D eigenvalue weighted by molar-refractivity contribution is 6.37. The summed E-state index contributed by atoms with van der Waals surface area (Å²) >= 11 is 11.6. The first-order valence-electron chi connectivity index (χ1n) is 7.03. The zero-order chi connectivity index (χ0) is 17.8. The number of amides is 1. The van der Waals surface area contributed by atoms with Crippen molar-refractivity contribution in [3.8, 4) is 11.6 Å². The lowest BCUT2D eigenvalue weighted by Gasteiger charge is -2.09. The van der Waals surface area contributed by atoms with Gasteiger partial charge in [-0.05, 0) is 36.4 Å². The summed E-state index contributed by atoms with van der Waals surface area (Å²) in [5, 5.41) is 2.54. The number of carbonyl (C=O) groups excluding carboxylic acids is 1. The molecule has 3 aromatic rings. The largest absolute Gasteiger partial charge is 0.438 e. The third-order valence-corrected chi connectivity index (χ3v) is 3.73. The molecule has 2 aromatic carbocycles. The van der Waals surface area contributed by atoms with Gasteiger partial charge in [0.05, 0.1) is 21.8 Å². The topological polar surface area (TPSA) is 64.1 Å². The highest BCUT2D eigenvalue weighted by Crippen LogP contribution is 2.26. The van der Waals surface area contributed by atoms with Crippen molar-refractivity contribution >= 4 is 34.8 Å². The van der Waals surface area contributed by atoms with Crippen LogP contribution >= 0.6 is 23.2 Å². The molecule has 0 saturated carbocycles. The van der Waals surface area contributed by atoms with Gasteiger partial charge < -0.3 is 10.1 Å². The summed E-state index contributed by atoms with van der Waals surface area (Å²) in [7, 11) is 0. The maximum absolute atomic E-state index is 13.5. The number of hydrogen-bond donors (Lipinski definition) is 1. The molecule has 3 rings (SSSR count). The van der Waals surface area contributed by atoms with Crippen molar-refractivity contribution in [3.05, 3.63) is 76.4 Å². The number of anilines is 1. The minimum absolute atomic E-state index is 0.0107. The molecule has 1 heterocycles. The first-order valence-corrected chi connectivity index (χ1v) is 7.78. The summed E-state index contributed by atoms with van der Waals surface area (Å²) in [5.74, 6) is -0.399. The molecular formula is C17H10Cl2FN3O2.